The summed E-state index contributed by atoms with van der Waals surface area (Å²) in [6, 6.07) is 16.1. The van der Waals surface area contributed by atoms with Crippen molar-refractivity contribution in [3.63, 3.8) is 0 Å². The summed E-state index contributed by atoms with van der Waals surface area (Å²) in [5.41, 5.74) is 8.04. The van der Waals surface area contributed by atoms with Crippen molar-refractivity contribution in [3.05, 3.63) is 59.7 Å². The molecule has 0 heterocycles. The molecule has 30 heavy (non-hydrogen) atoms. The lowest BCUT2D eigenvalue weighted by Crippen LogP contribution is -2.41. The van der Waals surface area contributed by atoms with Crippen molar-refractivity contribution in [2.45, 2.75) is 43.6 Å². The number of nitrogens with two attached hydrogens (primary N) is 1. The van der Waals surface area contributed by atoms with Crippen LogP contribution in [-0.2, 0) is 15.5 Å². The van der Waals surface area contributed by atoms with Gasteiger partial charge in [0.15, 0.2) is 0 Å². The summed E-state index contributed by atoms with van der Waals surface area (Å²) in [4.78, 5) is 17.8. The van der Waals surface area contributed by atoms with Crippen molar-refractivity contribution in [2.75, 3.05) is 20.3 Å². The van der Waals surface area contributed by atoms with Gasteiger partial charge in [-0.15, -0.1) is 0 Å². The Labute approximate surface area is 177 Å². The number of ether oxygens (including phenoxy) is 2. The van der Waals surface area contributed by atoms with Gasteiger partial charge in [0.05, 0.1) is 20.3 Å². The van der Waals surface area contributed by atoms with Crippen LogP contribution in [0.5, 0.6) is 11.5 Å². The topological polar surface area (TPSA) is 111 Å². The van der Waals surface area contributed by atoms with Crippen LogP contribution in [0.1, 0.15) is 42.7 Å². The molecule has 0 aliphatic heterocycles. The van der Waals surface area contributed by atoms with E-state index in [-0.39, 0.29) is 12.5 Å². The van der Waals surface area contributed by atoms with Gasteiger partial charge in [-0.05, 0) is 61.3 Å². The van der Waals surface area contributed by atoms with Crippen molar-refractivity contribution >= 4 is 7.82 Å². The quantitative estimate of drug-likeness (QED) is 0.385. The van der Waals surface area contributed by atoms with Crippen LogP contribution >= 0.6 is 7.82 Å². The van der Waals surface area contributed by atoms with Crippen LogP contribution in [-0.4, -0.2) is 35.6 Å². The third-order valence-electron chi connectivity index (χ3n) is 5.53. The van der Waals surface area contributed by atoms with Crippen LogP contribution in [0.3, 0.4) is 0 Å². The summed E-state index contributed by atoms with van der Waals surface area (Å²) in [6.45, 7) is 0.506. The molecule has 1 aliphatic rings. The lowest BCUT2D eigenvalue weighted by atomic mass is 9.93. The van der Waals surface area contributed by atoms with Gasteiger partial charge in [-0.3, -0.25) is 4.52 Å². The summed E-state index contributed by atoms with van der Waals surface area (Å²) in [5, 5.41) is 0. The summed E-state index contributed by atoms with van der Waals surface area (Å²) >= 11 is 0. The molecule has 164 valence electrons. The number of methoxy groups -OCH3 is 1. The van der Waals surface area contributed by atoms with E-state index < -0.39 is 13.4 Å². The second-order valence-corrected chi connectivity index (χ2v) is 9.18. The first kappa shape index (κ1) is 22.8. The molecule has 1 saturated carbocycles. The van der Waals surface area contributed by atoms with E-state index in [2.05, 4.69) is 28.8 Å². The van der Waals surface area contributed by atoms with Crippen LogP contribution < -0.4 is 15.2 Å². The third kappa shape index (κ3) is 6.83. The molecule has 0 amide bonds. The number of phosphoric ester groups is 1. The molecule has 0 bridgehead atoms. The third-order valence-corrected chi connectivity index (χ3v) is 6.00. The molecule has 0 aromatic heterocycles. The fourth-order valence-corrected chi connectivity index (χ4v) is 4.32. The predicted octanol–water partition coefficient (Wildman–Crippen LogP) is 3.78. The molecular formula is C22H30NO6P. The molecule has 8 heteroatoms. The molecule has 3 rings (SSSR count). The molecule has 2 aromatic carbocycles. The average molecular weight is 435 g/mol. The van der Waals surface area contributed by atoms with Crippen molar-refractivity contribution in [2.24, 2.45) is 5.73 Å². The van der Waals surface area contributed by atoms with E-state index in [9.17, 15) is 4.57 Å². The molecule has 2 aromatic rings. The highest BCUT2D eigenvalue weighted by molar-refractivity contribution is 7.46. The van der Waals surface area contributed by atoms with E-state index in [1.165, 1.54) is 11.1 Å². The average Bonchev–Trinajstić information content (AvgIpc) is 3.13. The Balaban J connectivity index is 1.44. The predicted molar refractivity (Wildman–Crippen MR) is 115 cm³/mol. The Morgan fingerprint density at radius 2 is 1.90 bits per heavy atom. The Kier molecular flexibility index (Phi) is 7.55. The van der Waals surface area contributed by atoms with E-state index in [4.69, 9.17) is 25.0 Å². The largest absolute Gasteiger partial charge is 0.497 e. The maximum atomic E-state index is 10.9. The Morgan fingerprint density at radius 3 is 2.60 bits per heavy atom. The van der Waals surface area contributed by atoms with Crippen LogP contribution in [0.2, 0.25) is 0 Å². The zero-order valence-electron chi connectivity index (χ0n) is 17.2. The minimum Gasteiger partial charge on any atom is -0.497 e. The number of hydrogen-bond acceptors (Lipinski definition) is 5. The SMILES string of the molecule is COc1cccc(OCCCc2ccc([C@@H]3CC[C@@](N)(COP(=O)(O)O)C3)cc2)c1. The molecule has 0 unspecified atom stereocenters. The summed E-state index contributed by atoms with van der Waals surface area (Å²) in [6.07, 6.45) is 4.05. The Hall–Kier alpha value is -1.89. The Morgan fingerprint density at radius 1 is 1.17 bits per heavy atom. The lowest BCUT2D eigenvalue weighted by molar-refractivity contribution is 0.153. The van der Waals surface area contributed by atoms with E-state index in [0.717, 1.165) is 30.8 Å². The van der Waals surface area contributed by atoms with Crippen molar-refractivity contribution in [1.82, 2.24) is 0 Å². The van der Waals surface area contributed by atoms with Gasteiger partial charge in [0.25, 0.3) is 0 Å². The molecule has 1 fully saturated rings. The molecule has 1 aliphatic carbocycles. The first-order valence-corrected chi connectivity index (χ1v) is 11.6. The summed E-state index contributed by atoms with van der Waals surface area (Å²) in [7, 11) is -2.86. The van der Waals surface area contributed by atoms with Crippen LogP contribution in [0.4, 0.5) is 0 Å². The zero-order chi connectivity index (χ0) is 21.6. The minimum absolute atomic E-state index is 0.126. The van der Waals surface area contributed by atoms with Gasteiger partial charge in [-0.1, -0.05) is 30.3 Å². The van der Waals surface area contributed by atoms with Gasteiger partial charge in [0, 0.05) is 11.6 Å². The molecule has 0 radical (unpaired) electrons. The highest BCUT2D eigenvalue weighted by atomic mass is 31.2. The fraction of sp³-hybridized carbons (Fsp3) is 0.455. The van der Waals surface area contributed by atoms with E-state index in [1.807, 2.05) is 24.3 Å². The molecule has 0 spiro atoms. The molecule has 2 atom stereocenters. The number of benzene rings is 2. The molecule has 7 nitrogen and oxygen atoms in total. The molecular weight excluding hydrogens is 405 g/mol. The minimum atomic E-state index is -4.49. The highest BCUT2D eigenvalue weighted by Crippen LogP contribution is 2.43. The monoisotopic (exact) mass is 435 g/mol. The van der Waals surface area contributed by atoms with Gasteiger partial charge in [-0.2, -0.15) is 0 Å². The highest BCUT2D eigenvalue weighted by Gasteiger charge is 2.38. The maximum absolute atomic E-state index is 10.9. The van der Waals surface area contributed by atoms with Gasteiger partial charge in [0.1, 0.15) is 11.5 Å². The Bertz CT molecular complexity index is 868. The first-order chi connectivity index (χ1) is 14.3. The first-order valence-electron chi connectivity index (χ1n) is 10.1. The van der Waals surface area contributed by atoms with E-state index in [0.29, 0.717) is 19.4 Å². The van der Waals surface area contributed by atoms with Crippen molar-refractivity contribution in [3.8, 4) is 11.5 Å². The number of rotatable bonds is 10. The number of phosphoric acid groups is 1. The van der Waals surface area contributed by atoms with Gasteiger partial charge in [-0.25, -0.2) is 4.57 Å². The van der Waals surface area contributed by atoms with Crippen LogP contribution in [0.25, 0.3) is 0 Å². The smallest absolute Gasteiger partial charge is 0.469 e. The lowest BCUT2D eigenvalue weighted by Gasteiger charge is -2.24. The second-order valence-electron chi connectivity index (χ2n) is 7.94. The number of aryl methyl sites for hydroxylation is 1. The normalized spacial score (nSPS) is 21.5. The van der Waals surface area contributed by atoms with Crippen LogP contribution in [0.15, 0.2) is 48.5 Å². The van der Waals surface area contributed by atoms with Gasteiger partial charge < -0.3 is 25.0 Å². The van der Waals surface area contributed by atoms with Gasteiger partial charge in [0.2, 0.25) is 0 Å². The maximum Gasteiger partial charge on any atom is 0.469 e. The fourth-order valence-electron chi connectivity index (χ4n) is 3.90. The summed E-state index contributed by atoms with van der Waals surface area (Å²) < 4.78 is 26.6. The molecule has 4 N–H and O–H groups in total. The van der Waals surface area contributed by atoms with Crippen molar-refractivity contribution < 1.29 is 28.3 Å². The number of hydrogen-bond donors (Lipinski definition) is 3. The standard InChI is InChI=1S/C22H30NO6P/c1-27-20-5-2-6-21(14-20)28-13-3-4-17-7-9-18(10-8-17)19-11-12-22(23,15-19)16-29-30(24,25)26/h2,5-10,14,19H,3-4,11-13,15-16,23H2,1H3,(H2,24,25,26)/t19-,22+/m1/s1. The van der Waals surface area contributed by atoms with Gasteiger partial charge >= 0.3 is 7.82 Å². The molecule has 0 saturated heterocycles. The van der Waals surface area contributed by atoms with E-state index >= 15 is 0 Å². The zero-order valence-corrected chi connectivity index (χ0v) is 18.1. The van der Waals surface area contributed by atoms with E-state index in [1.54, 1.807) is 7.11 Å². The summed E-state index contributed by atoms with van der Waals surface area (Å²) in [5.74, 6) is 1.87. The van der Waals surface area contributed by atoms with Crippen molar-refractivity contribution in [1.29, 1.82) is 0 Å². The second kappa shape index (κ2) is 9.94. The van der Waals surface area contributed by atoms with Crippen LogP contribution in [0, 0.1) is 0 Å².